The van der Waals surface area contributed by atoms with Gasteiger partial charge in [0.1, 0.15) is 0 Å². The molecule has 118 valence electrons. The molecule has 4 heteroatoms. The molecule has 1 heterocycles. The van der Waals surface area contributed by atoms with Crippen LogP contribution in [-0.4, -0.2) is 30.1 Å². The van der Waals surface area contributed by atoms with Gasteiger partial charge in [-0.25, -0.2) is 8.78 Å². The summed E-state index contributed by atoms with van der Waals surface area (Å²) in [6.07, 6.45) is 3.49. The van der Waals surface area contributed by atoms with E-state index in [0.29, 0.717) is 17.6 Å². The zero-order valence-corrected chi connectivity index (χ0v) is 13.2. The Labute approximate surface area is 126 Å². The lowest BCUT2D eigenvalue weighted by atomic mass is 10.0. The van der Waals surface area contributed by atoms with Gasteiger partial charge in [-0.15, -0.1) is 0 Å². The number of benzene rings is 1. The van der Waals surface area contributed by atoms with Gasteiger partial charge in [0, 0.05) is 30.2 Å². The van der Waals surface area contributed by atoms with E-state index in [9.17, 15) is 8.78 Å². The minimum atomic E-state index is -0.767. The molecule has 0 spiro atoms. The molecule has 0 saturated carbocycles. The predicted molar refractivity (Wildman–Crippen MR) is 82.3 cm³/mol. The standard InChI is InChI=1S/C17H26F2N2/c1-4-13-10-9-12(3)21(13)11-16(20-5-2)14-7-6-8-15(18)17(14)19/h6-8,12-13,16,20H,4-5,9-11H2,1-3H3. The number of likely N-dealkylation sites (N-methyl/N-ethyl adjacent to an activating group) is 1. The maximum atomic E-state index is 14.1. The largest absolute Gasteiger partial charge is 0.309 e. The molecule has 1 aromatic rings. The fraction of sp³-hybridized carbons (Fsp3) is 0.647. The number of rotatable bonds is 6. The molecule has 1 aliphatic rings. The lowest BCUT2D eigenvalue weighted by Crippen LogP contribution is -2.41. The van der Waals surface area contributed by atoms with Gasteiger partial charge in [0.05, 0.1) is 0 Å². The molecule has 0 bridgehead atoms. The molecule has 3 atom stereocenters. The third-order valence-electron chi connectivity index (χ3n) is 4.62. The van der Waals surface area contributed by atoms with Crippen molar-refractivity contribution in [3.63, 3.8) is 0 Å². The van der Waals surface area contributed by atoms with E-state index in [2.05, 4.69) is 24.1 Å². The maximum absolute atomic E-state index is 14.1. The van der Waals surface area contributed by atoms with Crippen LogP contribution in [0.1, 0.15) is 51.6 Å². The van der Waals surface area contributed by atoms with Crippen molar-refractivity contribution in [2.24, 2.45) is 0 Å². The van der Waals surface area contributed by atoms with Crippen molar-refractivity contribution in [3.05, 3.63) is 35.4 Å². The molecule has 1 fully saturated rings. The van der Waals surface area contributed by atoms with Crippen molar-refractivity contribution in [2.75, 3.05) is 13.1 Å². The van der Waals surface area contributed by atoms with Gasteiger partial charge in [0.25, 0.3) is 0 Å². The molecular weight excluding hydrogens is 270 g/mol. The topological polar surface area (TPSA) is 15.3 Å². The summed E-state index contributed by atoms with van der Waals surface area (Å²) in [5, 5.41) is 3.31. The highest BCUT2D eigenvalue weighted by Crippen LogP contribution is 2.29. The zero-order valence-electron chi connectivity index (χ0n) is 13.2. The molecule has 1 aliphatic heterocycles. The van der Waals surface area contributed by atoms with Gasteiger partial charge in [-0.3, -0.25) is 4.90 Å². The quantitative estimate of drug-likeness (QED) is 0.857. The second-order valence-electron chi connectivity index (χ2n) is 5.94. The second kappa shape index (κ2) is 7.32. The average Bonchev–Trinajstić information content (AvgIpc) is 2.82. The van der Waals surface area contributed by atoms with Crippen LogP contribution in [0.3, 0.4) is 0 Å². The molecule has 0 amide bonds. The van der Waals surface area contributed by atoms with Crippen molar-refractivity contribution in [2.45, 2.75) is 58.2 Å². The van der Waals surface area contributed by atoms with E-state index in [1.807, 2.05) is 6.92 Å². The van der Waals surface area contributed by atoms with Crippen LogP contribution in [0.25, 0.3) is 0 Å². The van der Waals surface area contributed by atoms with Crippen LogP contribution in [0.15, 0.2) is 18.2 Å². The van der Waals surface area contributed by atoms with E-state index in [0.717, 1.165) is 19.5 Å². The van der Waals surface area contributed by atoms with Gasteiger partial charge in [-0.2, -0.15) is 0 Å². The molecule has 21 heavy (non-hydrogen) atoms. The van der Waals surface area contributed by atoms with E-state index in [4.69, 9.17) is 0 Å². The second-order valence-corrected chi connectivity index (χ2v) is 5.94. The van der Waals surface area contributed by atoms with Gasteiger partial charge >= 0.3 is 0 Å². The number of hydrogen-bond donors (Lipinski definition) is 1. The molecule has 0 aliphatic carbocycles. The molecule has 0 aromatic heterocycles. The first-order valence-corrected chi connectivity index (χ1v) is 8.01. The summed E-state index contributed by atoms with van der Waals surface area (Å²) in [7, 11) is 0. The molecule has 0 radical (unpaired) electrons. The van der Waals surface area contributed by atoms with Crippen molar-refractivity contribution in [3.8, 4) is 0 Å². The minimum absolute atomic E-state index is 0.166. The minimum Gasteiger partial charge on any atom is -0.309 e. The van der Waals surface area contributed by atoms with E-state index in [-0.39, 0.29) is 6.04 Å². The molecule has 1 aromatic carbocycles. The number of likely N-dealkylation sites (tertiary alicyclic amines) is 1. The van der Waals surface area contributed by atoms with E-state index in [1.165, 1.54) is 18.9 Å². The Balaban J connectivity index is 2.21. The first-order chi connectivity index (χ1) is 10.1. The maximum Gasteiger partial charge on any atom is 0.163 e. The number of nitrogens with one attached hydrogen (secondary N) is 1. The van der Waals surface area contributed by atoms with Crippen LogP contribution < -0.4 is 5.32 Å². The Bertz CT molecular complexity index is 464. The van der Waals surface area contributed by atoms with Crippen molar-refractivity contribution >= 4 is 0 Å². The lowest BCUT2D eigenvalue weighted by molar-refractivity contribution is 0.176. The summed E-state index contributed by atoms with van der Waals surface area (Å²) in [5.41, 5.74) is 0.436. The molecule has 1 saturated heterocycles. The predicted octanol–water partition coefficient (Wildman–Crippen LogP) is 3.88. The van der Waals surface area contributed by atoms with Crippen LogP contribution in [0, 0.1) is 11.6 Å². The molecule has 2 rings (SSSR count). The smallest absolute Gasteiger partial charge is 0.163 e. The van der Waals surface area contributed by atoms with Crippen LogP contribution in [0.2, 0.25) is 0 Å². The monoisotopic (exact) mass is 296 g/mol. The summed E-state index contributed by atoms with van der Waals surface area (Å²) in [5.74, 6) is -1.49. The average molecular weight is 296 g/mol. The SMILES string of the molecule is CCNC(CN1C(C)CCC1CC)c1cccc(F)c1F. The number of nitrogens with zero attached hydrogens (tertiary/aromatic N) is 1. The van der Waals surface area contributed by atoms with Crippen molar-refractivity contribution in [1.82, 2.24) is 10.2 Å². The van der Waals surface area contributed by atoms with Crippen LogP contribution in [0.5, 0.6) is 0 Å². The number of halogens is 2. The Hall–Kier alpha value is -1.00. The Morgan fingerprint density at radius 1 is 1.29 bits per heavy atom. The van der Waals surface area contributed by atoms with Crippen LogP contribution in [-0.2, 0) is 0 Å². The summed E-state index contributed by atoms with van der Waals surface area (Å²) >= 11 is 0. The van der Waals surface area contributed by atoms with Crippen molar-refractivity contribution < 1.29 is 8.78 Å². The van der Waals surface area contributed by atoms with E-state index in [1.54, 1.807) is 12.1 Å². The normalized spacial score (nSPS) is 24.4. The molecule has 1 N–H and O–H groups in total. The highest BCUT2D eigenvalue weighted by Gasteiger charge is 2.32. The molecular formula is C17H26F2N2. The Morgan fingerprint density at radius 3 is 2.71 bits per heavy atom. The van der Waals surface area contributed by atoms with Crippen LogP contribution in [0.4, 0.5) is 8.78 Å². The fourth-order valence-electron chi connectivity index (χ4n) is 3.41. The van der Waals surface area contributed by atoms with Gasteiger partial charge in [0.15, 0.2) is 11.6 Å². The summed E-state index contributed by atoms with van der Waals surface area (Å²) in [4.78, 5) is 2.44. The highest BCUT2D eigenvalue weighted by molar-refractivity contribution is 5.23. The molecule has 3 unspecified atom stereocenters. The van der Waals surface area contributed by atoms with Crippen molar-refractivity contribution in [1.29, 1.82) is 0 Å². The van der Waals surface area contributed by atoms with E-state index < -0.39 is 11.6 Å². The lowest BCUT2D eigenvalue weighted by Gasteiger charge is -2.32. The third-order valence-corrected chi connectivity index (χ3v) is 4.62. The van der Waals surface area contributed by atoms with Gasteiger partial charge in [-0.05, 0) is 38.8 Å². The first kappa shape index (κ1) is 16.4. The van der Waals surface area contributed by atoms with Gasteiger partial charge in [0.2, 0.25) is 0 Å². The first-order valence-electron chi connectivity index (χ1n) is 8.01. The van der Waals surface area contributed by atoms with E-state index >= 15 is 0 Å². The Morgan fingerprint density at radius 2 is 2.05 bits per heavy atom. The van der Waals surface area contributed by atoms with Crippen LogP contribution >= 0.6 is 0 Å². The fourth-order valence-corrected chi connectivity index (χ4v) is 3.41. The third kappa shape index (κ3) is 3.61. The van der Waals surface area contributed by atoms with Gasteiger partial charge in [-0.1, -0.05) is 26.0 Å². The summed E-state index contributed by atoms with van der Waals surface area (Å²) in [6.45, 7) is 7.88. The molecule has 2 nitrogen and oxygen atoms in total. The Kier molecular flexibility index (Phi) is 5.71. The summed E-state index contributed by atoms with van der Waals surface area (Å²) in [6, 6.07) is 5.34. The number of hydrogen-bond acceptors (Lipinski definition) is 2. The highest BCUT2D eigenvalue weighted by atomic mass is 19.2. The summed E-state index contributed by atoms with van der Waals surface area (Å²) < 4.78 is 27.6. The van der Waals surface area contributed by atoms with Gasteiger partial charge < -0.3 is 5.32 Å². The zero-order chi connectivity index (χ0) is 15.4.